The van der Waals surface area contributed by atoms with E-state index in [9.17, 15) is 4.79 Å². The molecule has 0 fully saturated rings. The number of allylic oxidation sites excluding steroid dienone is 1. The second-order valence-corrected chi connectivity index (χ2v) is 4.39. The fraction of sp³-hybridized carbons (Fsp3) is 0.100. The van der Waals surface area contributed by atoms with Gasteiger partial charge in [-0.15, -0.1) is 12.6 Å². The van der Waals surface area contributed by atoms with Crippen LogP contribution in [0.2, 0.25) is 0 Å². The van der Waals surface area contributed by atoms with Crippen molar-refractivity contribution >= 4 is 30.4 Å². The van der Waals surface area contributed by atoms with Crippen molar-refractivity contribution < 1.29 is 9.90 Å². The summed E-state index contributed by atoms with van der Waals surface area (Å²) >= 11 is 5.25. The van der Waals surface area contributed by atoms with E-state index in [1.165, 1.54) is 11.8 Å². The molecule has 1 aromatic carbocycles. The van der Waals surface area contributed by atoms with Gasteiger partial charge in [0.25, 0.3) is 0 Å². The molecule has 0 amide bonds. The summed E-state index contributed by atoms with van der Waals surface area (Å²) in [6.45, 7) is 1.67. The Morgan fingerprint density at radius 2 is 1.93 bits per heavy atom. The summed E-state index contributed by atoms with van der Waals surface area (Å²) in [4.78, 5) is 12.5. The first-order valence-electron chi connectivity index (χ1n) is 3.97. The molecule has 0 saturated heterocycles. The topological polar surface area (TPSA) is 37.3 Å². The highest BCUT2D eigenvalue weighted by molar-refractivity contribution is 8.04. The number of thiol groups is 1. The molecule has 74 valence electrons. The van der Waals surface area contributed by atoms with Crippen molar-refractivity contribution in [1.82, 2.24) is 0 Å². The van der Waals surface area contributed by atoms with E-state index >= 15 is 0 Å². The van der Waals surface area contributed by atoms with E-state index in [1.807, 2.05) is 30.3 Å². The van der Waals surface area contributed by atoms with Gasteiger partial charge in [0.15, 0.2) is 0 Å². The van der Waals surface area contributed by atoms with E-state index in [0.717, 1.165) is 4.90 Å². The number of hydrogen-bond donors (Lipinski definition) is 2. The fourth-order valence-electron chi connectivity index (χ4n) is 0.879. The molecule has 0 unspecified atom stereocenters. The van der Waals surface area contributed by atoms with Gasteiger partial charge in [-0.2, -0.15) is 0 Å². The predicted molar refractivity (Wildman–Crippen MR) is 61.6 cm³/mol. The summed E-state index contributed by atoms with van der Waals surface area (Å²) in [6.07, 6.45) is 0. The highest BCUT2D eigenvalue weighted by Gasteiger charge is 2.11. The number of aliphatic carboxylic acids is 1. The monoisotopic (exact) mass is 226 g/mol. The fourth-order valence-corrected chi connectivity index (χ4v) is 1.88. The van der Waals surface area contributed by atoms with Crippen molar-refractivity contribution in [1.29, 1.82) is 0 Å². The molecule has 0 aliphatic rings. The molecule has 0 bridgehead atoms. The summed E-state index contributed by atoms with van der Waals surface area (Å²) in [7, 11) is 0. The molecule has 0 spiro atoms. The van der Waals surface area contributed by atoms with Crippen molar-refractivity contribution in [2.45, 2.75) is 11.8 Å². The third kappa shape index (κ3) is 3.12. The van der Waals surface area contributed by atoms with Crippen LogP contribution in [0.1, 0.15) is 6.92 Å². The number of thioether (sulfide) groups is 1. The molecule has 0 atom stereocenters. The van der Waals surface area contributed by atoms with E-state index in [0.29, 0.717) is 4.91 Å². The Hall–Kier alpha value is -0.870. The number of carbonyl (C=O) groups is 1. The van der Waals surface area contributed by atoms with Crippen LogP contribution in [0.3, 0.4) is 0 Å². The number of carboxylic acids is 1. The molecule has 14 heavy (non-hydrogen) atoms. The highest BCUT2D eigenvalue weighted by Crippen LogP contribution is 2.29. The van der Waals surface area contributed by atoms with Crippen LogP contribution in [0.15, 0.2) is 45.0 Å². The number of hydrogen-bond acceptors (Lipinski definition) is 3. The Bertz CT molecular complexity index is 354. The normalized spacial score (nSPS) is 12.1. The van der Waals surface area contributed by atoms with Gasteiger partial charge in [0.05, 0.1) is 0 Å². The highest BCUT2D eigenvalue weighted by atomic mass is 32.2. The minimum atomic E-state index is -0.939. The number of carboxylic acid groups (broad SMARTS) is 1. The molecule has 1 rings (SSSR count). The van der Waals surface area contributed by atoms with Crippen molar-refractivity contribution in [3.63, 3.8) is 0 Å². The number of benzene rings is 1. The zero-order valence-electron chi connectivity index (χ0n) is 7.60. The van der Waals surface area contributed by atoms with E-state index in [2.05, 4.69) is 12.6 Å². The largest absolute Gasteiger partial charge is 0.477 e. The lowest BCUT2D eigenvalue weighted by atomic mass is 10.4. The molecule has 0 saturated carbocycles. The summed E-state index contributed by atoms with van der Waals surface area (Å²) in [5, 5.41) is 8.88. The average molecular weight is 226 g/mol. The Balaban J connectivity index is 2.87. The molecule has 0 aliphatic heterocycles. The molecular formula is C10H10O2S2. The Kier molecular flexibility index (Phi) is 4.10. The Morgan fingerprint density at radius 1 is 1.36 bits per heavy atom. The summed E-state index contributed by atoms with van der Waals surface area (Å²) in [5.74, 6) is -0.939. The third-order valence-electron chi connectivity index (χ3n) is 1.49. The standard InChI is InChI=1S/C10H10O2S2/c1-7(13)9(10(11)12)14-8-5-3-2-4-6-8/h2-6,13H,1H3,(H,11,12)/b9-7+. The molecular weight excluding hydrogens is 216 g/mol. The zero-order chi connectivity index (χ0) is 10.6. The van der Waals surface area contributed by atoms with Crippen molar-refractivity contribution in [3.05, 3.63) is 40.1 Å². The molecule has 4 heteroatoms. The van der Waals surface area contributed by atoms with Crippen LogP contribution in [0, 0.1) is 0 Å². The molecule has 1 N–H and O–H groups in total. The van der Waals surface area contributed by atoms with Crippen molar-refractivity contribution in [2.75, 3.05) is 0 Å². The van der Waals surface area contributed by atoms with Gasteiger partial charge in [-0.05, 0) is 24.0 Å². The Labute approximate surface area is 92.4 Å². The molecule has 1 aromatic rings. The van der Waals surface area contributed by atoms with Crippen LogP contribution in [-0.4, -0.2) is 11.1 Å². The minimum absolute atomic E-state index is 0.263. The van der Waals surface area contributed by atoms with Crippen molar-refractivity contribution in [3.8, 4) is 0 Å². The van der Waals surface area contributed by atoms with E-state index in [-0.39, 0.29) is 4.91 Å². The van der Waals surface area contributed by atoms with Gasteiger partial charge in [-0.1, -0.05) is 30.0 Å². The third-order valence-corrected chi connectivity index (χ3v) is 3.05. The van der Waals surface area contributed by atoms with Gasteiger partial charge in [0, 0.05) is 4.90 Å². The second kappa shape index (κ2) is 5.12. The van der Waals surface area contributed by atoms with Crippen LogP contribution in [0.5, 0.6) is 0 Å². The first kappa shape index (κ1) is 11.2. The van der Waals surface area contributed by atoms with Gasteiger partial charge in [-0.25, -0.2) is 4.79 Å². The molecule has 0 radical (unpaired) electrons. The maximum absolute atomic E-state index is 10.8. The van der Waals surface area contributed by atoms with Gasteiger partial charge < -0.3 is 5.11 Å². The zero-order valence-corrected chi connectivity index (χ0v) is 9.31. The predicted octanol–water partition coefficient (Wildman–Crippen LogP) is 3.02. The van der Waals surface area contributed by atoms with Crippen LogP contribution in [-0.2, 0) is 4.79 Å². The lowest BCUT2D eigenvalue weighted by molar-refractivity contribution is -0.131. The minimum Gasteiger partial charge on any atom is -0.477 e. The first-order chi connectivity index (χ1) is 6.61. The summed E-state index contributed by atoms with van der Waals surface area (Å²) < 4.78 is 0. The van der Waals surface area contributed by atoms with E-state index in [4.69, 9.17) is 5.11 Å². The van der Waals surface area contributed by atoms with Gasteiger partial charge in [-0.3, -0.25) is 0 Å². The van der Waals surface area contributed by atoms with Gasteiger partial charge in [0.1, 0.15) is 4.91 Å². The molecule has 2 nitrogen and oxygen atoms in total. The summed E-state index contributed by atoms with van der Waals surface area (Å²) in [5.41, 5.74) is 0. The first-order valence-corrected chi connectivity index (χ1v) is 5.23. The maximum Gasteiger partial charge on any atom is 0.343 e. The SMILES string of the molecule is C/C(S)=C(\Sc1ccccc1)C(=O)O. The van der Waals surface area contributed by atoms with Gasteiger partial charge in [0.2, 0.25) is 0 Å². The second-order valence-electron chi connectivity index (χ2n) is 2.63. The maximum atomic E-state index is 10.8. The molecule has 0 aliphatic carbocycles. The van der Waals surface area contributed by atoms with E-state index in [1.54, 1.807) is 6.92 Å². The average Bonchev–Trinajstić information content (AvgIpc) is 2.15. The lowest BCUT2D eigenvalue weighted by Gasteiger charge is -2.03. The van der Waals surface area contributed by atoms with Crippen LogP contribution >= 0.6 is 24.4 Å². The van der Waals surface area contributed by atoms with Crippen LogP contribution < -0.4 is 0 Å². The molecule has 0 heterocycles. The smallest absolute Gasteiger partial charge is 0.343 e. The lowest BCUT2D eigenvalue weighted by Crippen LogP contribution is -1.97. The summed E-state index contributed by atoms with van der Waals surface area (Å²) in [6, 6.07) is 9.36. The molecule has 0 aromatic heterocycles. The van der Waals surface area contributed by atoms with E-state index < -0.39 is 5.97 Å². The quantitative estimate of drug-likeness (QED) is 0.472. The number of rotatable bonds is 3. The Morgan fingerprint density at radius 3 is 2.36 bits per heavy atom. The van der Waals surface area contributed by atoms with Gasteiger partial charge >= 0.3 is 5.97 Å². The van der Waals surface area contributed by atoms with Crippen LogP contribution in [0.25, 0.3) is 0 Å². The van der Waals surface area contributed by atoms with Crippen molar-refractivity contribution in [2.24, 2.45) is 0 Å². The van der Waals surface area contributed by atoms with Crippen LogP contribution in [0.4, 0.5) is 0 Å².